The maximum Gasteiger partial charge on any atom is 0.303 e. The number of nitrogens with one attached hydrogen (secondary N) is 4. The summed E-state index contributed by atoms with van der Waals surface area (Å²) in [7, 11) is 0. The second kappa shape index (κ2) is 14.4. The van der Waals surface area contributed by atoms with Gasteiger partial charge < -0.3 is 31.1 Å². The first-order valence-corrected chi connectivity index (χ1v) is 16.5. The number of carboxylic acids is 2. The molecular weight excluding hydrogens is 613 g/mol. The van der Waals surface area contributed by atoms with Crippen LogP contribution in [0.3, 0.4) is 0 Å². The number of rotatable bonds is 13. The maximum absolute atomic E-state index is 12.6. The third-order valence-corrected chi connectivity index (χ3v) is 9.90. The molecule has 2 amide bonds. The van der Waals surface area contributed by atoms with Crippen molar-refractivity contribution in [3.05, 3.63) is 56.2 Å². The summed E-state index contributed by atoms with van der Waals surface area (Å²) < 4.78 is 0. The molecule has 1 aromatic heterocycles. The molecule has 3 aliphatic rings. The number of allylic oxidation sites excluding steroid dienone is 2. The first-order chi connectivity index (χ1) is 21.2. The average molecular weight is 657 g/mol. The van der Waals surface area contributed by atoms with Gasteiger partial charge in [-0.25, -0.2) is 0 Å². The molecule has 1 aromatic rings. The monoisotopic (exact) mass is 656 g/mol. The zero-order valence-electron chi connectivity index (χ0n) is 26.4. The van der Waals surface area contributed by atoms with E-state index in [0.717, 1.165) is 57.0 Å². The van der Waals surface area contributed by atoms with E-state index in [0.29, 0.717) is 30.6 Å². The minimum atomic E-state index is -0.909. The highest BCUT2D eigenvalue weighted by Crippen LogP contribution is 2.36. The third-order valence-electron chi connectivity index (χ3n) is 9.38. The predicted molar refractivity (Wildman–Crippen MR) is 181 cm³/mol. The van der Waals surface area contributed by atoms with Crippen LogP contribution >= 0.6 is 25.3 Å². The number of carbonyl (C=O) groups is 4. The van der Waals surface area contributed by atoms with Crippen LogP contribution in [-0.4, -0.2) is 62.0 Å². The normalized spacial score (nSPS) is 25.8. The zero-order valence-corrected chi connectivity index (χ0v) is 28.2. The van der Waals surface area contributed by atoms with E-state index in [-0.39, 0.29) is 53.8 Å². The Bertz CT molecular complexity index is 1520. The summed E-state index contributed by atoms with van der Waals surface area (Å²) in [4.78, 5) is 51.8. The molecule has 4 heterocycles. The van der Waals surface area contributed by atoms with Crippen molar-refractivity contribution in [2.45, 2.75) is 90.5 Å². The van der Waals surface area contributed by atoms with E-state index in [4.69, 9.17) is 0 Å². The smallest absolute Gasteiger partial charge is 0.303 e. The van der Waals surface area contributed by atoms with Crippen molar-refractivity contribution < 1.29 is 29.4 Å². The van der Waals surface area contributed by atoms with Gasteiger partial charge in [-0.15, -0.1) is 0 Å². The van der Waals surface area contributed by atoms with E-state index in [2.05, 4.69) is 46.2 Å². The number of amides is 2. The molecule has 1 saturated heterocycles. The molecule has 0 aromatic carbocycles. The molecular formula is C33H44N4O6S2. The molecule has 3 aliphatic heterocycles. The zero-order chi connectivity index (χ0) is 33.2. The molecule has 6 N–H and O–H groups in total. The predicted octanol–water partition coefficient (Wildman–Crippen LogP) is 4.40. The Hall–Kier alpha value is -3.38. The molecule has 0 spiro atoms. The molecule has 1 unspecified atom stereocenters. The summed E-state index contributed by atoms with van der Waals surface area (Å²) in [5, 5.41) is 28.4. The highest BCUT2D eigenvalue weighted by Gasteiger charge is 2.36. The van der Waals surface area contributed by atoms with Crippen LogP contribution in [0.4, 0.5) is 0 Å². The number of aliphatic carboxylic acids is 2. The second-order valence-corrected chi connectivity index (χ2v) is 13.5. The van der Waals surface area contributed by atoms with Crippen molar-refractivity contribution in [1.82, 2.24) is 20.9 Å². The maximum atomic E-state index is 12.6. The van der Waals surface area contributed by atoms with Gasteiger partial charge >= 0.3 is 11.9 Å². The van der Waals surface area contributed by atoms with Gasteiger partial charge in [-0.05, 0) is 99.1 Å². The second-order valence-electron chi connectivity index (χ2n) is 12.3. The summed E-state index contributed by atoms with van der Waals surface area (Å²) in [5.41, 5.74) is 8.34. The Morgan fingerprint density at radius 1 is 0.956 bits per heavy atom. The summed E-state index contributed by atoms with van der Waals surface area (Å²) >= 11 is 8.87. The molecule has 244 valence electrons. The van der Waals surface area contributed by atoms with E-state index >= 15 is 0 Å². The lowest BCUT2D eigenvalue weighted by atomic mass is 9.91. The van der Waals surface area contributed by atoms with Gasteiger partial charge in [0, 0.05) is 64.3 Å². The fraction of sp³-hybridized carbons (Fsp3) is 0.515. The molecule has 0 saturated carbocycles. The number of hydrogen-bond donors (Lipinski definition) is 8. The first kappa shape index (κ1) is 34.5. The summed E-state index contributed by atoms with van der Waals surface area (Å²) in [6.45, 7) is 9.65. The van der Waals surface area contributed by atoms with Crippen LogP contribution in [0.5, 0.6) is 0 Å². The summed E-state index contributed by atoms with van der Waals surface area (Å²) in [6.07, 6.45) is 5.70. The van der Waals surface area contributed by atoms with Crippen molar-refractivity contribution in [2.24, 2.45) is 11.8 Å². The number of hydrogen-bond acceptors (Lipinski definition) is 7. The Labute approximate surface area is 275 Å². The fourth-order valence-electron chi connectivity index (χ4n) is 6.72. The van der Waals surface area contributed by atoms with E-state index in [1.165, 1.54) is 0 Å². The Balaban J connectivity index is 1.73. The van der Waals surface area contributed by atoms with Gasteiger partial charge in [0.15, 0.2) is 0 Å². The average Bonchev–Trinajstić information content (AvgIpc) is 3.60. The number of thiol groups is 2. The number of H-pyrrole nitrogens is 1. The van der Waals surface area contributed by atoms with Crippen molar-refractivity contribution in [3.8, 4) is 0 Å². The first-order valence-electron chi connectivity index (χ1n) is 15.4. The number of carbonyl (C=O) groups excluding carboxylic acids is 2. The van der Waals surface area contributed by atoms with Crippen LogP contribution in [0.1, 0.15) is 82.3 Å². The molecule has 12 heteroatoms. The lowest BCUT2D eigenvalue weighted by Gasteiger charge is -2.20. The van der Waals surface area contributed by atoms with Crippen molar-refractivity contribution in [1.29, 1.82) is 0 Å². The molecule has 0 bridgehead atoms. The highest BCUT2D eigenvalue weighted by molar-refractivity contribution is 7.81. The molecule has 10 nitrogen and oxygen atoms in total. The van der Waals surface area contributed by atoms with Crippen LogP contribution in [0.2, 0.25) is 0 Å². The standard InChI is InChI=1S/C33H44N4O6S2/c1-15-20(6-8-29(38)39)26(34-23(15)12-25-18(4)31(19(5)45)33(43)36-25)14-27-21(7-9-30(40)41)16(2)24(35-27)13-28-22(10-11-44)17(3)32(42)37-28/h13-14,17,19,22-23,25,34-35,44-45H,6-12H2,1-5H3,(H,36,43)(H,37,42)(H,38,39)(H,40,41)/b26-14+,28-13-/t17-,19-,22-,23?,25-/m1/s1. The lowest BCUT2D eigenvalue weighted by Crippen LogP contribution is -2.36. The van der Waals surface area contributed by atoms with Crippen LogP contribution in [0, 0.1) is 18.8 Å². The SMILES string of the molecule is CC1=C(CCC(=O)O)/C(=C\c2[nH]c(/C=C3\NC(=O)[C@H](C)[C@H]3CCS)c(C)c2CCC(=O)O)NC1C[C@H]1NC(=O)C([C@@H](C)S)=C1C. The van der Waals surface area contributed by atoms with E-state index in [1.807, 2.05) is 46.8 Å². The van der Waals surface area contributed by atoms with Crippen molar-refractivity contribution in [2.75, 3.05) is 5.75 Å². The topological polar surface area (TPSA) is 161 Å². The van der Waals surface area contributed by atoms with Gasteiger partial charge in [-0.2, -0.15) is 25.3 Å². The molecule has 4 rings (SSSR count). The molecule has 1 fully saturated rings. The minimum absolute atomic E-state index is 0.00655. The summed E-state index contributed by atoms with van der Waals surface area (Å²) in [5.74, 6) is -1.49. The van der Waals surface area contributed by atoms with E-state index in [9.17, 15) is 29.4 Å². The van der Waals surface area contributed by atoms with Crippen LogP contribution < -0.4 is 16.0 Å². The van der Waals surface area contributed by atoms with Gasteiger partial charge in [0.05, 0.1) is 6.04 Å². The molecule has 0 radical (unpaired) electrons. The molecule has 5 atom stereocenters. The molecule has 0 aliphatic carbocycles. The van der Waals surface area contributed by atoms with Gasteiger partial charge in [0.25, 0.3) is 0 Å². The Kier molecular flexibility index (Phi) is 11.0. The Morgan fingerprint density at radius 2 is 1.60 bits per heavy atom. The van der Waals surface area contributed by atoms with Gasteiger partial charge in [-0.1, -0.05) is 6.92 Å². The van der Waals surface area contributed by atoms with Gasteiger partial charge in [0.1, 0.15) is 0 Å². The quantitative estimate of drug-likeness (QED) is 0.146. The largest absolute Gasteiger partial charge is 0.481 e. The third kappa shape index (κ3) is 7.54. The lowest BCUT2D eigenvalue weighted by molar-refractivity contribution is -0.138. The molecule has 45 heavy (non-hydrogen) atoms. The Morgan fingerprint density at radius 3 is 2.20 bits per heavy atom. The van der Waals surface area contributed by atoms with Gasteiger partial charge in [0.2, 0.25) is 11.8 Å². The van der Waals surface area contributed by atoms with Crippen molar-refractivity contribution in [3.63, 3.8) is 0 Å². The number of aromatic amines is 1. The number of aromatic nitrogens is 1. The fourth-order valence-corrected chi connectivity index (χ4v) is 7.32. The minimum Gasteiger partial charge on any atom is -0.481 e. The highest BCUT2D eigenvalue weighted by atomic mass is 32.1. The van der Waals surface area contributed by atoms with E-state index in [1.54, 1.807) is 0 Å². The van der Waals surface area contributed by atoms with Crippen LogP contribution in [0.15, 0.2) is 33.7 Å². The van der Waals surface area contributed by atoms with Crippen LogP contribution in [0.25, 0.3) is 12.2 Å². The number of carboxylic acid groups (broad SMARTS) is 2. The van der Waals surface area contributed by atoms with Crippen LogP contribution in [-0.2, 0) is 25.6 Å². The van der Waals surface area contributed by atoms with E-state index < -0.39 is 11.9 Å². The van der Waals surface area contributed by atoms with Crippen molar-refractivity contribution >= 4 is 61.2 Å². The van der Waals surface area contributed by atoms with Gasteiger partial charge in [-0.3, -0.25) is 19.2 Å². The summed E-state index contributed by atoms with van der Waals surface area (Å²) in [6, 6.07) is -0.326.